The molecule has 1 aromatic carbocycles. The topological polar surface area (TPSA) is 132 Å². The maximum absolute atomic E-state index is 10.7. The van der Waals surface area contributed by atoms with Crippen molar-refractivity contribution in [2.45, 2.75) is 4.90 Å². The van der Waals surface area contributed by atoms with E-state index < -0.39 is 38.1 Å². The van der Waals surface area contributed by atoms with Crippen molar-refractivity contribution in [1.82, 2.24) is 0 Å². The zero-order chi connectivity index (χ0) is 12.5. The fourth-order valence-corrected chi connectivity index (χ4v) is 1.55. The predicted molar refractivity (Wildman–Crippen MR) is 47.5 cm³/mol. The van der Waals surface area contributed by atoms with E-state index in [1.165, 1.54) is 0 Å². The number of hydrogen-bond acceptors (Lipinski definition) is 5. The van der Waals surface area contributed by atoms with Gasteiger partial charge in [0.2, 0.25) is 0 Å². The molecule has 0 atom stereocenters. The van der Waals surface area contributed by atoms with Crippen LogP contribution in [0.5, 0.6) is 0 Å². The SMILES string of the molecule is O=C([O-])c1cc(S(=O)(=O)O)ccc1C(=O)O.[Li+]. The van der Waals surface area contributed by atoms with Gasteiger partial charge in [-0.1, -0.05) is 0 Å². The summed E-state index contributed by atoms with van der Waals surface area (Å²) in [6, 6.07) is 2.07. The van der Waals surface area contributed by atoms with Gasteiger partial charge in [-0.25, -0.2) is 4.79 Å². The molecule has 0 aromatic heterocycles. The molecule has 1 aromatic rings. The van der Waals surface area contributed by atoms with Crippen LogP contribution in [-0.4, -0.2) is 30.0 Å². The summed E-state index contributed by atoms with van der Waals surface area (Å²) < 4.78 is 30.0. The Morgan fingerprint density at radius 3 is 2.06 bits per heavy atom. The van der Waals surface area contributed by atoms with E-state index in [1.807, 2.05) is 0 Å². The van der Waals surface area contributed by atoms with Crippen molar-refractivity contribution in [2.75, 3.05) is 0 Å². The molecular weight excluding hydrogens is 247 g/mol. The van der Waals surface area contributed by atoms with Crippen molar-refractivity contribution >= 4 is 22.1 Å². The third-order valence-corrected chi connectivity index (χ3v) is 2.59. The van der Waals surface area contributed by atoms with E-state index in [1.54, 1.807) is 0 Å². The molecule has 0 aliphatic carbocycles. The van der Waals surface area contributed by atoms with Crippen LogP contribution in [0.15, 0.2) is 23.1 Å². The molecule has 0 aliphatic heterocycles. The fraction of sp³-hybridized carbons (Fsp3) is 0. The first-order chi connectivity index (χ1) is 7.23. The van der Waals surface area contributed by atoms with Gasteiger partial charge in [0.25, 0.3) is 10.1 Å². The van der Waals surface area contributed by atoms with E-state index in [4.69, 9.17) is 9.66 Å². The molecule has 0 radical (unpaired) electrons. The van der Waals surface area contributed by atoms with Gasteiger partial charge in [-0.15, -0.1) is 0 Å². The molecule has 0 spiro atoms. The second kappa shape index (κ2) is 5.33. The minimum Gasteiger partial charge on any atom is -0.545 e. The molecule has 9 heteroatoms. The Bertz CT molecular complexity index is 563. The summed E-state index contributed by atoms with van der Waals surface area (Å²) in [6.07, 6.45) is 0. The molecule has 0 heterocycles. The Balaban J connectivity index is 0.00000256. The van der Waals surface area contributed by atoms with Crippen LogP contribution in [-0.2, 0) is 10.1 Å². The van der Waals surface area contributed by atoms with E-state index in [-0.39, 0.29) is 18.9 Å². The number of carboxylic acids is 2. The second-order valence-electron chi connectivity index (χ2n) is 2.78. The van der Waals surface area contributed by atoms with Crippen molar-refractivity contribution in [1.29, 1.82) is 0 Å². The van der Waals surface area contributed by atoms with Gasteiger partial charge in [0.05, 0.1) is 16.4 Å². The van der Waals surface area contributed by atoms with Gasteiger partial charge in [-0.3, -0.25) is 4.55 Å². The normalized spacial score (nSPS) is 10.4. The molecule has 0 fully saturated rings. The Hall–Kier alpha value is -1.33. The first-order valence-electron chi connectivity index (χ1n) is 3.79. The van der Waals surface area contributed by atoms with Crippen molar-refractivity contribution < 1.29 is 51.6 Å². The van der Waals surface area contributed by atoms with E-state index in [2.05, 4.69) is 0 Å². The van der Waals surface area contributed by atoms with Crippen molar-refractivity contribution in [2.24, 2.45) is 0 Å². The van der Waals surface area contributed by atoms with E-state index >= 15 is 0 Å². The molecule has 1 rings (SSSR count). The number of aromatic carboxylic acids is 2. The van der Waals surface area contributed by atoms with Gasteiger partial charge in [0.1, 0.15) is 0 Å². The molecule has 86 valence electrons. The summed E-state index contributed by atoms with van der Waals surface area (Å²) in [5, 5.41) is 19.2. The summed E-state index contributed by atoms with van der Waals surface area (Å²) in [4.78, 5) is 20.4. The Kier molecular flexibility index (Phi) is 4.91. The molecular formula is C8H5LiO7S. The van der Waals surface area contributed by atoms with Crippen LogP contribution in [0.25, 0.3) is 0 Å². The van der Waals surface area contributed by atoms with E-state index in [0.29, 0.717) is 6.07 Å². The summed E-state index contributed by atoms with van der Waals surface area (Å²) in [7, 11) is -4.59. The van der Waals surface area contributed by atoms with Gasteiger partial charge >= 0.3 is 24.8 Å². The number of hydrogen-bond donors (Lipinski definition) is 2. The molecule has 17 heavy (non-hydrogen) atoms. The number of carbonyl (C=O) groups excluding carboxylic acids is 1. The number of carboxylic acid groups (broad SMARTS) is 2. The van der Waals surface area contributed by atoms with Crippen LogP contribution >= 0.6 is 0 Å². The standard InChI is InChI=1S/C8H6O7S.Li/c9-7(10)5-2-1-4(16(13,14)15)3-6(5)8(11)12;/h1-3H,(H,9,10)(H,11,12)(H,13,14,15);/q;+1/p-1. The molecule has 0 aliphatic rings. The van der Waals surface area contributed by atoms with E-state index in [9.17, 15) is 23.1 Å². The summed E-state index contributed by atoms with van der Waals surface area (Å²) in [5.74, 6) is -3.39. The van der Waals surface area contributed by atoms with Crippen LogP contribution in [0, 0.1) is 0 Å². The van der Waals surface area contributed by atoms with Gasteiger partial charge in [-0.05, 0) is 18.2 Å². The Morgan fingerprint density at radius 1 is 1.18 bits per heavy atom. The smallest absolute Gasteiger partial charge is 0.545 e. The average Bonchev–Trinajstić information content (AvgIpc) is 2.15. The monoisotopic (exact) mass is 252 g/mol. The van der Waals surface area contributed by atoms with Gasteiger partial charge in [0.15, 0.2) is 0 Å². The molecule has 7 nitrogen and oxygen atoms in total. The molecule has 2 N–H and O–H groups in total. The molecule has 0 saturated heterocycles. The van der Waals surface area contributed by atoms with Crippen LogP contribution in [0.3, 0.4) is 0 Å². The van der Waals surface area contributed by atoms with E-state index in [0.717, 1.165) is 12.1 Å². The van der Waals surface area contributed by atoms with Crippen LogP contribution in [0.2, 0.25) is 0 Å². The van der Waals surface area contributed by atoms with Gasteiger partial charge in [0, 0.05) is 5.56 Å². The minimum absolute atomic E-state index is 0. The molecule has 0 saturated carbocycles. The third-order valence-electron chi connectivity index (χ3n) is 1.74. The molecule has 0 unspecified atom stereocenters. The van der Waals surface area contributed by atoms with Crippen LogP contribution in [0.1, 0.15) is 20.7 Å². The van der Waals surface area contributed by atoms with Crippen LogP contribution < -0.4 is 24.0 Å². The second-order valence-corrected chi connectivity index (χ2v) is 4.20. The Labute approximate surface area is 108 Å². The first-order valence-corrected chi connectivity index (χ1v) is 5.23. The molecule has 0 amide bonds. The zero-order valence-corrected chi connectivity index (χ0v) is 9.39. The van der Waals surface area contributed by atoms with Crippen molar-refractivity contribution in [3.05, 3.63) is 29.3 Å². The molecule has 0 bridgehead atoms. The largest absolute Gasteiger partial charge is 1.00 e. The van der Waals surface area contributed by atoms with Crippen molar-refractivity contribution in [3.8, 4) is 0 Å². The summed E-state index contributed by atoms with van der Waals surface area (Å²) in [6.45, 7) is 0. The predicted octanol–water partition coefficient (Wildman–Crippen LogP) is -4.00. The number of rotatable bonds is 3. The number of carbonyl (C=O) groups is 2. The fourth-order valence-electron chi connectivity index (χ4n) is 1.04. The van der Waals surface area contributed by atoms with Gasteiger partial charge in [-0.2, -0.15) is 8.42 Å². The minimum atomic E-state index is -4.59. The zero-order valence-electron chi connectivity index (χ0n) is 8.58. The first kappa shape index (κ1) is 15.7. The summed E-state index contributed by atoms with van der Waals surface area (Å²) >= 11 is 0. The average molecular weight is 252 g/mol. The Morgan fingerprint density at radius 2 is 1.71 bits per heavy atom. The van der Waals surface area contributed by atoms with Crippen LogP contribution in [0.4, 0.5) is 0 Å². The van der Waals surface area contributed by atoms with Gasteiger partial charge < -0.3 is 15.0 Å². The van der Waals surface area contributed by atoms with Crippen molar-refractivity contribution in [3.63, 3.8) is 0 Å². The maximum Gasteiger partial charge on any atom is 1.00 e. The third kappa shape index (κ3) is 3.57. The maximum atomic E-state index is 10.7. The summed E-state index contributed by atoms with van der Waals surface area (Å²) in [5.41, 5.74) is -1.44. The number of benzene rings is 1. The quantitative estimate of drug-likeness (QED) is 0.413.